The highest BCUT2D eigenvalue weighted by Crippen LogP contribution is 2.37. The number of alkyl halides is 6. The van der Waals surface area contributed by atoms with E-state index < -0.39 is 35.5 Å². The van der Waals surface area contributed by atoms with E-state index in [2.05, 4.69) is 5.32 Å². The third kappa shape index (κ3) is 5.13. The summed E-state index contributed by atoms with van der Waals surface area (Å²) in [4.78, 5) is 12.0. The van der Waals surface area contributed by atoms with Gasteiger partial charge in [0.1, 0.15) is 0 Å². The van der Waals surface area contributed by atoms with E-state index in [9.17, 15) is 31.1 Å². The van der Waals surface area contributed by atoms with Gasteiger partial charge in [0.25, 0.3) is 0 Å². The summed E-state index contributed by atoms with van der Waals surface area (Å²) >= 11 is 0. The summed E-state index contributed by atoms with van der Waals surface area (Å²) in [6.07, 6.45) is -9.17. The predicted octanol–water partition coefficient (Wildman–Crippen LogP) is 5.09. The van der Waals surface area contributed by atoms with E-state index in [1.54, 1.807) is 12.1 Å². The zero-order chi connectivity index (χ0) is 22.0. The molecule has 1 atom stereocenters. The molecule has 0 aromatic heterocycles. The number of amides is 1. The van der Waals surface area contributed by atoms with Crippen LogP contribution in [0.3, 0.4) is 0 Å². The monoisotopic (exact) mass is 431 g/mol. The molecule has 0 bridgehead atoms. The Morgan fingerprint density at radius 3 is 2.07 bits per heavy atom. The minimum absolute atomic E-state index is 0.0119. The molecular weight excluding hydrogens is 412 g/mol. The van der Waals surface area contributed by atoms with Gasteiger partial charge in [0.15, 0.2) is 0 Å². The number of rotatable bonds is 5. The second kappa shape index (κ2) is 8.29. The number of carbonyl (C=O) groups is 1. The maximum Gasteiger partial charge on any atom is 0.416 e. The van der Waals surface area contributed by atoms with Crippen molar-refractivity contribution in [2.45, 2.75) is 37.2 Å². The van der Waals surface area contributed by atoms with E-state index in [-0.39, 0.29) is 30.6 Å². The molecule has 0 spiro atoms. The number of benzene rings is 2. The Kier molecular flexibility index (Phi) is 6.12. The molecule has 3 rings (SSSR count). The number of piperidine rings is 1. The zero-order valence-corrected chi connectivity index (χ0v) is 15.7. The molecule has 1 fully saturated rings. The van der Waals surface area contributed by atoms with Crippen LogP contribution in [0.15, 0.2) is 48.5 Å². The molecule has 162 valence electrons. The first-order valence-corrected chi connectivity index (χ1v) is 9.18. The molecule has 2 aromatic rings. The van der Waals surface area contributed by atoms with Crippen LogP contribution in [-0.2, 0) is 33.9 Å². The summed E-state index contributed by atoms with van der Waals surface area (Å²) < 4.78 is 83.7. The number of nitrogens with one attached hydrogen (secondary N) is 1. The molecule has 1 amide bonds. The van der Waals surface area contributed by atoms with E-state index in [1.807, 2.05) is 18.2 Å². The summed E-state index contributed by atoms with van der Waals surface area (Å²) in [5.41, 5.74) is -2.87. The van der Waals surface area contributed by atoms with Crippen molar-refractivity contribution in [3.63, 3.8) is 0 Å². The maximum atomic E-state index is 13.0. The van der Waals surface area contributed by atoms with Crippen molar-refractivity contribution < 1.29 is 35.9 Å². The van der Waals surface area contributed by atoms with Crippen molar-refractivity contribution in [1.82, 2.24) is 5.32 Å². The zero-order valence-electron chi connectivity index (χ0n) is 15.7. The first kappa shape index (κ1) is 22.1. The normalized spacial score (nSPS) is 20.1. The average Bonchev–Trinajstić information content (AvgIpc) is 2.67. The second-order valence-electron chi connectivity index (χ2n) is 7.33. The van der Waals surface area contributed by atoms with Crippen LogP contribution < -0.4 is 5.32 Å². The van der Waals surface area contributed by atoms with Gasteiger partial charge < -0.3 is 10.1 Å². The summed E-state index contributed by atoms with van der Waals surface area (Å²) in [5.74, 6) is -0.188. The summed E-state index contributed by atoms with van der Waals surface area (Å²) in [7, 11) is 0. The van der Waals surface area contributed by atoms with Crippen LogP contribution in [0, 0.1) is 0 Å². The molecule has 0 saturated carbocycles. The van der Waals surface area contributed by atoms with Crippen LogP contribution in [0.4, 0.5) is 26.3 Å². The quantitative estimate of drug-likeness (QED) is 0.670. The third-order valence-electron chi connectivity index (χ3n) is 5.11. The van der Waals surface area contributed by atoms with Gasteiger partial charge >= 0.3 is 12.4 Å². The number of hydrogen-bond acceptors (Lipinski definition) is 2. The van der Waals surface area contributed by atoms with Crippen molar-refractivity contribution in [1.29, 1.82) is 0 Å². The topological polar surface area (TPSA) is 38.3 Å². The minimum Gasteiger partial charge on any atom is -0.376 e. The molecule has 30 heavy (non-hydrogen) atoms. The molecular formula is C21H19F6NO2. The molecule has 0 unspecified atom stereocenters. The molecule has 0 radical (unpaired) electrons. The van der Waals surface area contributed by atoms with Crippen molar-refractivity contribution in [2.24, 2.45) is 0 Å². The predicted molar refractivity (Wildman–Crippen MR) is 96.5 cm³/mol. The van der Waals surface area contributed by atoms with Crippen LogP contribution in [-0.4, -0.2) is 19.1 Å². The molecule has 1 heterocycles. The average molecular weight is 431 g/mol. The van der Waals surface area contributed by atoms with Gasteiger partial charge in [-0.05, 0) is 35.7 Å². The van der Waals surface area contributed by atoms with Crippen molar-refractivity contribution in [3.8, 4) is 0 Å². The lowest BCUT2D eigenvalue weighted by molar-refractivity contribution is -0.143. The largest absolute Gasteiger partial charge is 0.416 e. The van der Waals surface area contributed by atoms with Gasteiger partial charge in [0.05, 0.1) is 24.3 Å². The van der Waals surface area contributed by atoms with Gasteiger partial charge in [0.2, 0.25) is 5.91 Å². The van der Waals surface area contributed by atoms with Gasteiger partial charge in [-0.2, -0.15) is 26.3 Å². The Balaban J connectivity index is 1.82. The third-order valence-corrected chi connectivity index (χ3v) is 5.11. The first-order valence-electron chi connectivity index (χ1n) is 9.18. The molecule has 1 saturated heterocycles. The molecule has 2 aromatic carbocycles. The molecule has 3 nitrogen and oxygen atoms in total. The lowest BCUT2D eigenvalue weighted by Crippen LogP contribution is -2.46. The van der Waals surface area contributed by atoms with Crippen LogP contribution >= 0.6 is 0 Å². The standard InChI is InChI=1S/C21H19F6NO2/c22-20(23,24)16-8-14(9-17(10-16)21(25,26)27)12-30-13-19(6-7-28-18(29)11-19)15-4-2-1-3-5-15/h1-5,8-10H,6-7,11-13H2,(H,28,29)/t19-/m0/s1. The Bertz CT molecular complexity index is 862. The summed E-state index contributed by atoms with van der Waals surface area (Å²) in [5, 5.41) is 2.72. The smallest absolute Gasteiger partial charge is 0.376 e. The number of halogens is 6. The Labute approximate surface area is 169 Å². The molecule has 9 heteroatoms. The fourth-order valence-electron chi connectivity index (χ4n) is 3.61. The highest BCUT2D eigenvalue weighted by Gasteiger charge is 2.39. The van der Waals surface area contributed by atoms with E-state index in [0.717, 1.165) is 5.56 Å². The van der Waals surface area contributed by atoms with Gasteiger partial charge in [-0.1, -0.05) is 30.3 Å². The Hall–Kier alpha value is -2.55. The van der Waals surface area contributed by atoms with Gasteiger partial charge in [-0.3, -0.25) is 4.79 Å². The maximum absolute atomic E-state index is 13.0. The number of carbonyl (C=O) groups excluding carboxylic acids is 1. The molecule has 0 aliphatic carbocycles. The van der Waals surface area contributed by atoms with Gasteiger partial charge in [0, 0.05) is 18.4 Å². The highest BCUT2D eigenvalue weighted by molar-refractivity contribution is 5.78. The lowest BCUT2D eigenvalue weighted by atomic mass is 9.73. The van der Waals surface area contributed by atoms with Crippen LogP contribution in [0.2, 0.25) is 0 Å². The van der Waals surface area contributed by atoms with E-state index in [0.29, 0.717) is 25.1 Å². The van der Waals surface area contributed by atoms with E-state index >= 15 is 0 Å². The van der Waals surface area contributed by atoms with Crippen molar-refractivity contribution in [3.05, 3.63) is 70.8 Å². The van der Waals surface area contributed by atoms with Crippen LogP contribution in [0.1, 0.15) is 35.1 Å². The van der Waals surface area contributed by atoms with E-state index in [1.165, 1.54) is 0 Å². The SMILES string of the molecule is O=C1C[C@@](COCc2cc(C(F)(F)F)cc(C(F)(F)F)c2)(c2ccccc2)CCN1. The highest BCUT2D eigenvalue weighted by atomic mass is 19.4. The van der Waals surface area contributed by atoms with Crippen molar-refractivity contribution >= 4 is 5.91 Å². The van der Waals surface area contributed by atoms with Gasteiger partial charge in [-0.25, -0.2) is 0 Å². The second-order valence-corrected chi connectivity index (χ2v) is 7.33. The summed E-state index contributed by atoms with van der Waals surface area (Å²) in [6.45, 7) is -0.0515. The molecule has 1 aliphatic heterocycles. The Morgan fingerprint density at radius 2 is 1.53 bits per heavy atom. The number of hydrogen-bond donors (Lipinski definition) is 1. The minimum atomic E-state index is -4.91. The van der Waals surface area contributed by atoms with E-state index in [4.69, 9.17) is 4.74 Å². The lowest BCUT2D eigenvalue weighted by Gasteiger charge is -2.37. The summed E-state index contributed by atoms with van der Waals surface area (Å²) in [6, 6.07) is 10.4. The Morgan fingerprint density at radius 1 is 0.933 bits per heavy atom. The van der Waals surface area contributed by atoms with Crippen LogP contribution in [0.5, 0.6) is 0 Å². The number of ether oxygens (including phenoxy) is 1. The fraction of sp³-hybridized carbons (Fsp3) is 0.381. The molecule has 1 aliphatic rings. The van der Waals surface area contributed by atoms with Crippen LogP contribution in [0.25, 0.3) is 0 Å². The van der Waals surface area contributed by atoms with Gasteiger partial charge in [-0.15, -0.1) is 0 Å². The first-order chi connectivity index (χ1) is 14.0. The molecule has 1 N–H and O–H groups in total. The van der Waals surface area contributed by atoms with Crippen molar-refractivity contribution in [2.75, 3.05) is 13.2 Å². The fourth-order valence-corrected chi connectivity index (χ4v) is 3.61.